The van der Waals surface area contributed by atoms with Crippen LogP contribution < -0.4 is 0 Å². The Morgan fingerprint density at radius 1 is 1.25 bits per heavy atom. The molecule has 1 aromatic heterocycles. The summed E-state index contributed by atoms with van der Waals surface area (Å²) in [7, 11) is 0. The minimum Gasteiger partial charge on any atom is -0.462 e. The molecule has 1 saturated heterocycles. The van der Waals surface area contributed by atoms with Gasteiger partial charge in [0.25, 0.3) is 0 Å². The van der Waals surface area contributed by atoms with E-state index in [0.29, 0.717) is 50.2 Å². The normalized spacial score (nSPS) is 20.3. The van der Waals surface area contributed by atoms with Gasteiger partial charge in [-0.1, -0.05) is 36.0 Å². The summed E-state index contributed by atoms with van der Waals surface area (Å²) in [4.78, 5) is 39.2. The quantitative estimate of drug-likeness (QED) is 0.340. The van der Waals surface area contributed by atoms with E-state index in [1.807, 2.05) is 0 Å². The second kappa shape index (κ2) is 12.0. The molecule has 1 aliphatic heterocycles. The number of thioether (sulfide) groups is 1. The molecule has 0 radical (unpaired) electrons. The number of ketones is 1. The molecule has 4 rings (SSSR count). The summed E-state index contributed by atoms with van der Waals surface area (Å²) in [6.45, 7) is 5.29. The average Bonchev–Trinajstić information content (AvgIpc) is 3.59. The highest BCUT2D eigenvalue weighted by molar-refractivity contribution is 8.14. The molecule has 36 heavy (non-hydrogen) atoms. The van der Waals surface area contributed by atoms with Crippen LogP contribution in [0.2, 0.25) is 0 Å². The molecule has 1 saturated carbocycles. The van der Waals surface area contributed by atoms with Crippen LogP contribution in [0.4, 0.5) is 4.39 Å². The fourth-order valence-electron chi connectivity index (χ4n) is 4.64. The van der Waals surface area contributed by atoms with Crippen molar-refractivity contribution in [2.45, 2.75) is 57.4 Å². The van der Waals surface area contributed by atoms with Gasteiger partial charge in [-0.3, -0.25) is 19.2 Å². The predicted octanol–water partition coefficient (Wildman–Crippen LogP) is 4.59. The molecule has 2 aromatic rings. The zero-order chi connectivity index (χ0) is 25.7. The van der Waals surface area contributed by atoms with Crippen LogP contribution in [0.5, 0.6) is 0 Å². The first-order valence-electron chi connectivity index (χ1n) is 12.4. The van der Waals surface area contributed by atoms with Gasteiger partial charge < -0.3 is 4.74 Å². The average molecular weight is 514 g/mol. The number of halogens is 1. The fourth-order valence-corrected chi connectivity index (χ4v) is 5.59. The third kappa shape index (κ3) is 6.50. The number of nitrogens with zero attached hydrogens (tertiary/aromatic N) is 3. The van der Waals surface area contributed by atoms with Crippen molar-refractivity contribution in [3.63, 3.8) is 0 Å². The van der Waals surface area contributed by atoms with E-state index >= 15 is 0 Å². The Morgan fingerprint density at radius 2 is 2.03 bits per heavy atom. The largest absolute Gasteiger partial charge is 0.462 e. The van der Waals surface area contributed by atoms with Crippen molar-refractivity contribution in [3.8, 4) is 0 Å². The summed E-state index contributed by atoms with van der Waals surface area (Å²) in [6, 6.07) is 5.91. The van der Waals surface area contributed by atoms with E-state index < -0.39 is 12.0 Å². The minimum absolute atomic E-state index is 0.000219. The van der Waals surface area contributed by atoms with Crippen molar-refractivity contribution in [2.24, 2.45) is 5.92 Å². The van der Waals surface area contributed by atoms with Gasteiger partial charge in [-0.2, -0.15) is 5.10 Å². The zero-order valence-electron chi connectivity index (χ0n) is 20.7. The Hall–Kier alpha value is -2.78. The number of aryl methyl sites for hydroxylation is 1. The van der Waals surface area contributed by atoms with Gasteiger partial charge in [0.1, 0.15) is 5.82 Å². The molecule has 192 valence electrons. The van der Waals surface area contributed by atoms with E-state index in [2.05, 4.69) is 16.1 Å². The van der Waals surface area contributed by atoms with Crippen LogP contribution in [0.3, 0.4) is 0 Å². The highest BCUT2D eigenvalue weighted by Gasteiger charge is 2.41. The highest BCUT2D eigenvalue weighted by Crippen LogP contribution is 2.40. The lowest BCUT2D eigenvalue weighted by atomic mass is 9.93. The molecule has 9 heteroatoms. The first-order valence-corrected chi connectivity index (χ1v) is 13.3. The number of ether oxygens (including phenoxy) is 1. The molecule has 2 fully saturated rings. The standard InChI is InChI=1S/C27H32FN3O4S/c1-3-35-27(34)21-15-29-31(17-21)13-6-7-20-16-30(14-12-24(20)36-18(2)32)25(26(33)19-10-11-19)22-8-4-5-9-23(22)28/h4-5,7-9,15,17,19,24-25H,3,6,10-14,16H2,1-2H3/b20-7+. The third-order valence-electron chi connectivity index (χ3n) is 6.51. The molecule has 2 heterocycles. The number of rotatable bonds is 10. The number of likely N-dealkylation sites (tertiary alicyclic amines) is 1. The molecule has 2 atom stereocenters. The maximum Gasteiger partial charge on any atom is 0.341 e. The SMILES string of the molecule is CCOC(=O)c1cnn(CC/C=C2\CN(C(C(=O)C3CC3)c3ccccc3F)CCC2SC(C)=O)c1. The summed E-state index contributed by atoms with van der Waals surface area (Å²) < 4.78 is 21.5. The lowest BCUT2D eigenvalue weighted by Crippen LogP contribution is -2.43. The Balaban J connectivity index is 1.51. The monoisotopic (exact) mass is 513 g/mol. The van der Waals surface area contributed by atoms with Crippen LogP contribution in [-0.4, -0.2) is 56.5 Å². The van der Waals surface area contributed by atoms with E-state index in [1.54, 1.807) is 42.9 Å². The minimum atomic E-state index is -0.622. The Morgan fingerprint density at radius 3 is 2.72 bits per heavy atom. The van der Waals surface area contributed by atoms with Gasteiger partial charge in [0.15, 0.2) is 10.9 Å². The summed E-state index contributed by atoms with van der Waals surface area (Å²) in [6.07, 6.45) is 8.31. The number of hydrogen-bond acceptors (Lipinski definition) is 7. The van der Waals surface area contributed by atoms with Gasteiger partial charge in [0.05, 0.1) is 24.4 Å². The fraction of sp³-hybridized carbons (Fsp3) is 0.481. The van der Waals surface area contributed by atoms with Gasteiger partial charge in [0, 0.05) is 49.5 Å². The third-order valence-corrected chi connectivity index (χ3v) is 7.66. The van der Waals surface area contributed by atoms with Crippen LogP contribution in [0, 0.1) is 11.7 Å². The number of benzene rings is 1. The molecule has 0 N–H and O–H groups in total. The molecule has 2 aliphatic rings. The van der Waals surface area contributed by atoms with Crippen LogP contribution in [0.15, 0.2) is 48.3 Å². The lowest BCUT2D eigenvalue weighted by molar-refractivity contribution is -0.126. The summed E-state index contributed by atoms with van der Waals surface area (Å²) in [5.74, 6) is -0.680. The van der Waals surface area contributed by atoms with Gasteiger partial charge in [0.2, 0.25) is 0 Å². The van der Waals surface area contributed by atoms with Crippen LogP contribution in [0.1, 0.15) is 61.5 Å². The number of aromatic nitrogens is 2. The van der Waals surface area contributed by atoms with E-state index in [4.69, 9.17) is 4.74 Å². The van der Waals surface area contributed by atoms with E-state index in [1.165, 1.54) is 24.0 Å². The maximum atomic E-state index is 14.8. The van der Waals surface area contributed by atoms with Crippen molar-refractivity contribution < 1.29 is 23.5 Å². The second-order valence-electron chi connectivity index (χ2n) is 9.24. The second-order valence-corrected chi connectivity index (χ2v) is 10.6. The molecule has 0 spiro atoms. The number of esters is 1. The Bertz CT molecular complexity index is 1140. The maximum absolute atomic E-state index is 14.8. The Kier molecular flexibility index (Phi) is 8.74. The molecular weight excluding hydrogens is 481 g/mol. The first kappa shape index (κ1) is 26.3. The van der Waals surface area contributed by atoms with E-state index in [9.17, 15) is 18.8 Å². The van der Waals surface area contributed by atoms with Crippen LogP contribution in [-0.2, 0) is 20.9 Å². The van der Waals surface area contributed by atoms with E-state index in [-0.39, 0.29) is 27.9 Å². The van der Waals surface area contributed by atoms with Crippen LogP contribution >= 0.6 is 11.8 Å². The number of Topliss-reactive ketones (excluding diaryl/α,β-unsaturated/α-hetero) is 1. The lowest BCUT2D eigenvalue weighted by Gasteiger charge is -2.38. The molecule has 0 amide bonds. The number of hydrogen-bond donors (Lipinski definition) is 0. The predicted molar refractivity (Wildman–Crippen MR) is 136 cm³/mol. The van der Waals surface area contributed by atoms with Crippen molar-refractivity contribution >= 4 is 28.6 Å². The molecular formula is C27H32FN3O4S. The number of carbonyl (C=O) groups is 3. The molecule has 1 aliphatic carbocycles. The van der Waals surface area contributed by atoms with Gasteiger partial charge in [-0.05, 0) is 44.2 Å². The number of carbonyl (C=O) groups excluding carboxylic acids is 3. The summed E-state index contributed by atoms with van der Waals surface area (Å²) in [5, 5.41) is 4.31. The van der Waals surface area contributed by atoms with Gasteiger partial charge >= 0.3 is 5.97 Å². The molecule has 7 nitrogen and oxygen atoms in total. The van der Waals surface area contributed by atoms with Crippen molar-refractivity contribution in [3.05, 3.63) is 65.3 Å². The molecule has 0 bridgehead atoms. The highest BCUT2D eigenvalue weighted by atomic mass is 32.2. The van der Waals surface area contributed by atoms with Crippen LogP contribution in [0.25, 0.3) is 0 Å². The van der Waals surface area contributed by atoms with E-state index in [0.717, 1.165) is 18.4 Å². The van der Waals surface area contributed by atoms with Crippen molar-refractivity contribution in [2.75, 3.05) is 19.7 Å². The Labute approximate surface area is 215 Å². The zero-order valence-corrected chi connectivity index (χ0v) is 21.5. The topological polar surface area (TPSA) is 81.5 Å². The molecule has 1 aromatic carbocycles. The van der Waals surface area contributed by atoms with Crippen molar-refractivity contribution in [1.29, 1.82) is 0 Å². The number of piperidine rings is 1. The van der Waals surface area contributed by atoms with Gasteiger partial charge in [-0.25, -0.2) is 9.18 Å². The smallest absolute Gasteiger partial charge is 0.341 e. The van der Waals surface area contributed by atoms with Crippen molar-refractivity contribution in [1.82, 2.24) is 14.7 Å². The summed E-state index contributed by atoms with van der Waals surface area (Å²) in [5.41, 5.74) is 1.89. The number of allylic oxidation sites excluding steroid dienone is 1. The summed E-state index contributed by atoms with van der Waals surface area (Å²) >= 11 is 1.31. The first-order chi connectivity index (χ1) is 17.4. The molecule has 2 unspecified atom stereocenters. The van der Waals surface area contributed by atoms with Gasteiger partial charge in [-0.15, -0.1) is 0 Å².